The highest BCUT2D eigenvalue weighted by atomic mass is 32.1. The number of piperidine rings is 1. The van der Waals surface area contributed by atoms with Gasteiger partial charge in [-0.25, -0.2) is 19.9 Å². The zero-order chi connectivity index (χ0) is 18.1. The van der Waals surface area contributed by atoms with Crippen LogP contribution in [0.4, 0.5) is 22.6 Å². The first-order valence-corrected chi connectivity index (χ1v) is 9.20. The molecule has 0 unspecified atom stereocenters. The predicted octanol–water partition coefficient (Wildman–Crippen LogP) is 2.79. The minimum atomic E-state index is 0.0375. The summed E-state index contributed by atoms with van der Waals surface area (Å²) in [4.78, 5) is 19.4. The number of pyridine rings is 1. The Morgan fingerprint density at radius 1 is 1.38 bits per heavy atom. The number of nitrogens with two attached hydrogens (primary N) is 1. The first-order chi connectivity index (χ1) is 12.6. The fourth-order valence-corrected chi connectivity index (χ4v) is 4.08. The molecule has 8 nitrogen and oxygen atoms in total. The van der Waals surface area contributed by atoms with Crippen LogP contribution in [0.5, 0.6) is 0 Å². The minimum absolute atomic E-state index is 0.0375. The number of fused-ring (bicyclic) bond motifs is 1. The third-order valence-electron chi connectivity index (χ3n) is 4.62. The molecule has 1 saturated heterocycles. The highest BCUT2D eigenvalue weighted by Crippen LogP contribution is 2.36. The van der Waals surface area contributed by atoms with E-state index in [0.29, 0.717) is 23.4 Å². The Balaban J connectivity index is 1.64. The Hall–Kier alpha value is -2.99. The van der Waals surface area contributed by atoms with Crippen LogP contribution in [0, 0.1) is 23.2 Å². The highest BCUT2D eigenvalue weighted by molar-refractivity contribution is 7.22. The maximum absolute atomic E-state index is 9.36. The van der Waals surface area contributed by atoms with Crippen LogP contribution in [0.25, 0.3) is 10.2 Å². The summed E-state index contributed by atoms with van der Waals surface area (Å²) >= 11 is 1.57. The van der Waals surface area contributed by atoms with Crippen LogP contribution in [0.2, 0.25) is 0 Å². The number of rotatable bonds is 3. The van der Waals surface area contributed by atoms with Gasteiger partial charge in [-0.3, -0.25) is 0 Å². The summed E-state index contributed by atoms with van der Waals surface area (Å²) in [6.07, 6.45) is 4.12. The quantitative estimate of drug-likeness (QED) is 0.727. The second-order valence-electron chi connectivity index (χ2n) is 6.40. The van der Waals surface area contributed by atoms with Crippen LogP contribution >= 0.6 is 11.3 Å². The molecule has 0 aromatic carbocycles. The van der Waals surface area contributed by atoms with Gasteiger partial charge in [-0.15, -0.1) is 0 Å². The molecule has 0 spiro atoms. The molecular weight excluding hydrogens is 348 g/mol. The summed E-state index contributed by atoms with van der Waals surface area (Å²) in [6, 6.07) is 5.97. The highest BCUT2D eigenvalue weighted by Gasteiger charge is 2.28. The maximum atomic E-state index is 9.36. The van der Waals surface area contributed by atoms with Gasteiger partial charge in [-0.2, -0.15) is 5.26 Å². The molecule has 0 radical (unpaired) electrons. The summed E-state index contributed by atoms with van der Waals surface area (Å²) in [5, 5.41) is 13.5. The van der Waals surface area contributed by atoms with Crippen LogP contribution in [-0.4, -0.2) is 33.0 Å². The first kappa shape index (κ1) is 16.5. The number of aromatic nitrogens is 4. The van der Waals surface area contributed by atoms with E-state index in [1.807, 2.05) is 6.07 Å². The Bertz CT molecular complexity index is 978. The molecule has 4 rings (SSSR count). The molecule has 4 heterocycles. The standard InChI is InChI=1S/C17H18N8S/c1-10-3-5-25(8-11(10)7-18)17-23-12-2-4-20-16(15(12)26-17)24-14-6-13(19)21-9-22-14/h2,4,6,9-11H,3,5,8H2,1H3,(H3,19,20,21,22,24)/t10-,11-/m1/s1. The van der Waals surface area contributed by atoms with E-state index in [1.54, 1.807) is 23.6 Å². The fraction of sp³-hybridized carbons (Fsp3) is 0.353. The van der Waals surface area contributed by atoms with Gasteiger partial charge in [-0.05, 0) is 18.4 Å². The average Bonchev–Trinajstić information content (AvgIpc) is 3.07. The molecule has 0 saturated carbocycles. The van der Waals surface area contributed by atoms with E-state index in [0.717, 1.165) is 34.9 Å². The van der Waals surface area contributed by atoms with Crippen molar-refractivity contribution in [2.75, 3.05) is 29.0 Å². The van der Waals surface area contributed by atoms with E-state index in [2.05, 4.69) is 38.2 Å². The van der Waals surface area contributed by atoms with E-state index in [1.165, 1.54) is 6.33 Å². The lowest BCUT2D eigenvalue weighted by atomic mass is 9.88. The summed E-state index contributed by atoms with van der Waals surface area (Å²) < 4.78 is 0.951. The molecular formula is C17H18N8S. The number of thiazole rings is 1. The lowest BCUT2D eigenvalue weighted by Gasteiger charge is -2.33. The smallest absolute Gasteiger partial charge is 0.186 e. The molecule has 3 aromatic heterocycles. The van der Waals surface area contributed by atoms with Crippen molar-refractivity contribution in [1.29, 1.82) is 5.26 Å². The second kappa shape index (κ2) is 6.72. The van der Waals surface area contributed by atoms with Crippen LogP contribution in [-0.2, 0) is 0 Å². The normalized spacial score (nSPS) is 20.1. The summed E-state index contributed by atoms with van der Waals surface area (Å²) in [5.41, 5.74) is 6.58. The van der Waals surface area contributed by atoms with Gasteiger partial charge in [0.05, 0.1) is 22.2 Å². The van der Waals surface area contributed by atoms with Gasteiger partial charge >= 0.3 is 0 Å². The van der Waals surface area contributed by atoms with Crippen molar-refractivity contribution >= 4 is 44.1 Å². The maximum Gasteiger partial charge on any atom is 0.186 e. The van der Waals surface area contributed by atoms with E-state index in [4.69, 9.17) is 10.7 Å². The number of hydrogen-bond acceptors (Lipinski definition) is 9. The summed E-state index contributed by atoms with van der Waals surface area (Å²) in [5.74, 6) is 2.13. The third kappa shape index (κ3) is 3.11. The lowest BCUT2D eigenvalue weighted by molar-refractivity contribution is 0.363. The van der Waals surface area contributed by atoms with Gasteiger partial charge in [0.25, 0.3) is 0 Å². The van der Waals surface area contributed by atoms with Gasteiger partial charge in [0.2, 0.25) is 0 Å². The molecule has 3 aromatic rings. The summed E-state index contributed by atoms with van der Waals surface area (Å²) in [6.45, 7) is 3.77. The largest absolute Gasteiger partial charge is 0.384 e. The molecule has 3 N–H and O–H groups in total. The van der Waals surface area contributed by atoms with Crippen molar-refractivity contribution in [3.8, 4) is 6.07 Å². The van der Waals surface area contributed by atoms with Crippen molar-refractivity contribution in [1.82, 2.24) is 19.9 Å². The van der Waals surface area contributed by atoms with Crippen molar-refractivity contribution in [3.63, 3.8) is 0 Å². The molecule has 1 aliphatic rings. The van der Waals surface area contributed by atoms with Crippen molar-refractivity contribution in [2.45, 2.75) is 13.3 Å². The van der Waals surface area contributed by atoms with E-state index in [9.17, 15) is 5.26 Å². The number of nitrogens with zero attached hydrogens (tertiary/aromatic N) is 6. The topological polar surface area (TPSA) is 117 Å². The Morgan fingerprint density at radius 3 is 3.08 bits per heavy atom. The molecule has 2 atom stereocenters. The second-order valence-corrected chi connectivity index (χ2v) is 7.38. The summed E-state index contributed by atoms with van der Waals surface area (Å²) in [7, 11) is 0. The van der Waals surface area contributed by atoms with E-state index in [-0.39, 0.29) is 5.92 Å². The number of nitrogens with one attached hydrogen (secondary N) is 1. The Kier molecular flexibility index (Phi) is 4.26. The average molecular weight is 366 g/mol. The van der Waals surface area contributed by atoms with E-state index >= 15 is 0 Å². The number of hydrogen-bond donors (Lipinski definition) is 2. The predicted molar refractivity (Wildman–Crippen MR) is 102 cm³/mol. The molecule has 1 aliphatic heterocycles. The third-order valence-corrected chi connectivity index (χ3v) is 5.76. The molecule has 9 heteroatoms. The number of anilines is 4. The van der Waals surface area contributed by atoms with Crippen LogP contribution in [0.3, 0.4) is 0 Å². The van der Waals surface area contributed by atoms with Gasteiger partial charge in [-0.1, -0.05) is 18.3 Å². The van der Waals surface area contributed by atoms with Gasteiger partial charge in [0.1, 0.15) is 18.0 Å². The SMILES string of the molecule is C[C@@H]1CCN(c2nc3ccnc(Nc4cc(N)ncn4)c3s2)C[C@H]1C#N. The number of nitriles is 1. The lowest BCUT2D eigenvalue weighted by Crippen LogP contribution is -2.38. The molecule has 1 fully saturated rings. The fourth-order valence-electron chi connectivity index (χ4n) is 3.04. The number of nitrogen functional groups attached to an aromatic ring is 1. The van der Waals surface area contributed by atoms with Crippen LogP contribution < -0.4 is 16.0 Å². The van der Waals surface area contributed by atoms with Gasteiger partial charge < -0.3 is 16.0 Å². The monoisotopic (exact) mass is 366 g/mol. The molecule has 132 valence electrons. The Labute approximate surface area is 154 Å². The Morgan fingerprint density at radius 2 is 2.27 bits per heavy atom. The molecule has 0 amide bonds. The van der Waals surface area contributed by atoms with E-state index < -0.39 is 0 Å². The van der Waals surface area contributed by atoms with Gasteiger partial charge in [0.15, 0.2) is 10.9 Å². The van der Waals surface area contributed by atoms with Crippen LogP contribution in [0.1, 0.15) is 13.3 Å². The zero-order valence-corrected chi connectivity index (χ0v) is 15.1. The van der Waals surface area contributed by atoms with Crippen molar-refractivity contribution in [2.24, 2.45) is 11.8 Å². The zero-order valence-electron chi connectivity index (χ0n) is 14.3. The minimum Gasteiger partial charge on any atom is -0.384 e. The van der Waals surface area contributed by atoms with Crippen molar-refractivity contribution in [3.05, 3.63) is 24.7 Å². The van der Waals surface area contributed by atoms with Crippen molar-refractivity contribution < 1.29 is 0 Å². The van der Waals surface area contributed by atoms with Gasteiger partial charge in [0, 0.05) is 25.4 Å². The first-order valence-electron chi connectivity index (χ1n) is 8.38. The molecule has 0 aliphatic carbocycles. The molecule has 26 heavy (non-hydrogen) atoms. The molecule has 0 bridgehead atoms. The van der Waals surface area contributed by atoms with Crippen LogP contribution in [0.15, 0.2) is 24.7 Å².